The van der Waals surface area contributed by atoms with Crippen molar-refractivity contribution in [3.63, 3.8) is 0 Å². The van der Waals surface area contributed by atoms with Gasteiger partial charge in [-0.15, -0.1) is 10.2 Å². The summed E-state index contributed by atoms with van der Waals surface area (Å²) in [5.41, 5.74) is 0.283. The molecule has 3 aromatic rings. The second kappa shape index (κ2) is 7.76. The number of nitrogens with one attached hydrogen (secondary N) is 1. The number of benzene rings is 2. The molecule has 4 rings (SSSR count). The Hall–Kier alpha value is -3.66. The van der Waals surface area contributed by atoms with Gasteiger partial charge < -0.3 is 15.3 Å². The monoisotopic (exact) mass is 407 g/mol. The molecule has 0 fully saturated rings. The highest BCUT2D eigenvalue weighted by Gasteiger charge is 2.22. The predicted molar refractivity (Wildman–Crippen MR) is 111 cm³/mol. The maximum Gasteiger partial charge on any atom is 0.258 e. The number of nitrogens with zero attached hydrogens (tertiary/aromatic N) is 6. The van der Waals surface area contributed by atoms with Crippen molar-refractivity contribution in [2.24, 2.45) is 15.2 Å². The maximum atomic E-state index is 12.9. The number of carbonyl (C=O) groups excluding carboxylic acids is 1. The van der Waals surface area contributed by atoms with Gasteiger partial charge in [-0.05, 0) is 24.5 Å². The van der Waals surface area contributed by atoms with Gasteiger partial charge in [0.05, 0.1) is 5.56 Å². The van der Waals surface area contributed by atoms with Gasteiger partial charge in [0.1, 0.15) is 11.5 Å². The Morgan fingerprint density at radius 2 is 2.14 bits per heavy atom. The molecule has 0 spiro atoms. The van der Waals surface area contributed by atoms with E-state index in [2.05, 4.69) is 29.9 Å². The van der Waals surface area contributed by atoms with E-state index >= 15 is 0 Å². The van der Waals surface area contributed by atoms with E-state index in [-0.39, 0.29) is 17.0 Å². The second-order valence-corrected chi connectivity index (χ2v) is 7.05. The molecule has 0 aliphatic carbocycles. The number of aromatic hydroxyl groups is 1. The first-order valence-electron chi connectivity index (χ1n) is 8.72. The Balaban J connectivity index is 1.74. The van der Waals surface area contributed by atoms with Crippen molar-refractivity contribution in [3.8, 4) is 5.75 Å². The topological polar surface area (TPSA) is 115 Å². The molecule has 1 aliphatic heterocycles. The molecule has 1 aromatic heterocycles. The van der Waals surface area contributed by atoms with Gasteiger partial charge in [-0.3, -0.25) is 4.79 Å². The normalized spacial score (nSPS) is 16.1. The number of hydrogen-bond donors (Lipinski definition) is 2. The average Bonchev–Trinajstić information content (AvgIpc) is 3.13. The molecule has 10 heteroatoms. The largest absolute Gasteiger partial charge is 0.505 e. The van der Waals surface area contributed by atoms with Crippen LogP contribution in [0.15, 0.2) is 57.8 Å². The van der Waals surface area contributed by atoms with Crippen molar-refractivity contribution in [1.82, 2.24) is 19.6 Å². The van der Waals surface area contributed by atoms with Gasteiger partial charge in [0.2, 0.25) is 5.13 Å². The predicted octanol–water partition coefficient (Wildman–Crippen LogP) is 3.66. The third-order valence-electron chi connectivity index (χ3n) is 4.27. The molecule has 1 unspecified atom stereocenters. The van der Waals surface area contributed by atoms with Crippen LogP contribution < -0.4 is 5.32 Å². The SMILES string of the molecule is Cc1nsc(N=Nc2c(O)c(C(=O)NC3N=CC=CN3C)cc3ccccc23)n1. The van der Waals surface area contributed by atoms with Crippen molar-refractivity contribution >= 4 is 45.2 Å². The minimum absolute atomic E-state index is 0.0873. The van der Waals surface area contributed by atoms with E-state index in [1.807, 2.05) is 18.2 Å². The number of amides is 1. The van der Waals surface area contributed by atoms with Crippen molar-refractivity contribution in [1.29, 1.82) is 0 Å². The summed E-state index contributed by atoms with van der Waals surface area (Å²) in [6.45, 7) is 1.76. The lowest BCUT2D eigenvalue weighted by atomic mass is 10.0. The van der Waals surface area contributed by atoms with Crippen molar-refractivity contribution in [2.75, 3.05) is 7.05 Å². The number of aryl methyl sites for hydroxylation is 1. The fourth-order valence-corrected chi connectivity index (χ4v) is 3.34. The fourth-order valence-electron chi connectivity index (χ4n) is 2.84. The summed E-state index contributed by atoms with van der Waals surface area (Å²) < 4.78 is 4.06. The second-order valence-electron chi connectivity index (χ2n) is 6.32. The zero-order valence-corrected chi connectivity index (χ0v) is 16.5. The number of fused-ring (bicyclic) bond motifs is 1. The fraction of sp³-hybridized carbons (Fsp3) is 0.158. The molecule has 0 radical (unpaired) electrons. The van der Waals surface area contributed by atoms with Gasteiger partial charge in [-0.25, -0.2) is 9.98 Å². The van der Waals surface area contributed by atoms with Crippen molar-refractivity contribution < 1.29 is 9.90 Å². The first-order valence-corrected chi connectivity index (χ1v) is 9.50. The van der Waals surface area contributed by atoms with Crippen LogP contribution in [0, 0.1) is 6.92 Å². The molecule has 9 nitrogen and oxygen atoms in total. The van der Waals surface area contributed by atoms with Gasteiger partial charge in [-0.2, -0.15) is 4.37 Å². The molecule has 29 heavy (non-hydrogen) atoms. The van der Waals surface area contributed by atoms with Crippen LogP contribution in [0.4, 0.5) is 10.8 Å². The molecule has 1 aliphatic rings. The van der Waals surface area contributed by atoms with Crippen molar-refractivity contribution in [2.45, 2.75) is 13.2 Å². The first kappa shape index (κ1) is 18.7. The molecule has 2 N–H and O–H groups in total. The van der Waals surface area contributed by atoms with E-state index in [1.54, 1.807) is 49.5 Å². The summed E-state index contributed by atoms with van der Waals surface area (Å²) in [6, 6.07) is 8.94. The summed E-state index contributed by atoms with van der Waals surface area (Å²) >= 11 is 1.10. The van der Waals surface area contributed by atoms with Gasteiger partial charge >= 0.3 is 0 Å². The Bertz CT molecular complexity index is 1170. The zero-order valence-electron chi connectivity index (χ0n) is 15.6. The lowest BCUT2D eigenvalue weighted by Crippen LogP contribution is -2.43. The van der Waals surface area contributed by atoms with E-state index in [0.717, 1.165) is 16.9 Å². The van der Waals surface area contributed by atoms with Gasteiger partial charge in [-0.1, -0.05) is 24.3 Å². The molecule has 0 bridgehead atoms. The van der Waals surface area contributed by atoms with Crippen molar-refractivity contribution in [3.05, 3.63) is 54.0 Å². The summed E-state index contributed by atoms with van der Waals surface area (Å²) in [7, 11) is 1.79. The first-order chi connectivity index (χ1) is 14.0. The third kappa shape index (κ3) is 3.83. The van der Waals surface area contributed by atoms with Crippen LogP contribution in [0.3, 0.4) is 0 Å². The minimum atomic E-state index is -0.562. The highest BCUT2D eigenvalue weighted by atomic mass is 32.1. The van der Waals surface area contributed by atoms with Crippen LogP contribution in [-0.4, -0.2) is 44.8 Å². The Morgan fingerprint density at radius 1 is 1.31 bits per heavy atom. The number of rotatable bonds is 4. The summed E-state index contributed by atoms with van der Waals surface area (Å²) in [4.78, 5) is 23.0. The van der Waals surface area contributed by atoms with Crippen LogP contribution in [0.1, 0.15) is 16.2 Å². The molecule has 2 aromatic carbocycles. The Morgan fingerprint density at radius 3 is 2.90 bits per heavy atom. The maximum absolute atomic E-state index is 12.9. The molecule has 146 valence electrons. The summed E-state index contributed by atoms with van der Waals surface area (Å²) in [6.07, 6.45) is 4.61. The Labute approximate surface area is 170 Å². The molecule has 0 saturated carbocycles. The minimum Gasteiger partial charge on any atom is -0.505 e. The quantitative estimate of drug-likeness (QED) is 0.640. The summed E-state index contributed by atoms with van der Waals surface area (Å²) in [5, 5.41) is 23.6. The number of phenols is 1. The number of azo groups is 1. The Kier molecular flexibility index (Phi) is 5.00. The third-order valence-corrected chi connectivity index (χ3v) is 4.96. The van der Waals surface area contributed by atoms with Crippen LogP contribution in [0.2, 0.25) is 0 Å². The number of hydrogen-bond acceptors (Lipinski definition) is 9. The molecular weight excluding hydrogens is 390 g/mol. The van der Waals surface area contributed by atoms with Crippen LogP contribution in [0.25, 0.3) is 10.8 Å². The smallest absolute Gasteiger partial charge is 0.258 e. The number of carbonyl (C=O) groups is 1. The lowest BCUT2D eigenvalue weighted by molar-refractivity contribution is 0.0901. The molecule has 1 amide bonds. The summed E-state index contributed by atoms with van der Waals surface area (Å²) in [5.74, 6) is -0.137. The van der Waals surface area contributed by atoms with E-state index in [0.29, 0.717) is 16.3 Å². The van der Waals surface area contributed by atoms with Gasteiger partial charge in [0.25, 0.3) is 5.91 Å². The number of aliphatic imine (C=N–C) groups is 1. The highest BCUT2D eigenvalue weighted by molar-refractivity contribution is 7.09. The molecular formula is C19H17N7O2S. The highest BCUT2D eigenvalue weighted by Crippen LogP contribution is 2.39. The average molecular weight is 407 g/mol. The number of phenolic OH excluding ortho intramolecular Hbond substituents is 1. The van der Waals surface area contributed by atoms with E-state index in [1.165, 1.54) is 0 Å². The van der Waals surface area contributed by atoms with E-state index < -0.39 is 12.2 Å². The molecule has 0 saturated heterocycles. The molecule has 1 atom stereocenters. The van der Waals surface area contributed by atoms with E-state index in [4.69, 9.17) is 0 Å². The standard InChI is InChI=1S/C19H17N7O2S/c1-11-21-19(29-25-11)24-23-15-13-7-4-3-6-12(13)10-14(16(15)27)17(28)22-18-20-8-5-9-26(18)2/h3-10,18,27H,1-2H3,(H,22,28). The molecule has 2 heterocycles. The number of aromatic nitrogens is 2. The van der Waals surface area contributed by atoms with Gasteiger partial charge in [0, 0.05) is 36.4 Å². The lowest BCUT2D eigenvalue weighted by Gasteiger charge is -2.26. The zero-order chi connectivity index (χ0) is 20.4. The van der Waals surface area contributed by atoms with Crippen LogP contribution in [-0.2, 0) is 0 Å². The van der Waals surface area contributed by atoms with Gasteiger partial charge in [0.15, 0.2) is 12.0 Å². The van der Waals surface area contributed by atoms with Crippen LogP contribution >= 0.6 is 11.5 Å². The van der Waals surface area contributed by atoms with Crippen LogP contribution in [0.5, 0.6) is 5.75 Å². The van der Waals surface area contributed by atoms with E-state index in [9.17, 15) is 9.90 Å². The number of allylic oxidation sites excluding steroid dienone is 1.